The Labute approximate surface area is 106 Å². The van der Waals surface area contributed by atoms with Gasteiger partial charge in [-0.2, -0.15) is 0 Å². The summed E-state index contributed by atoms with van der Waals surface area (Å²) in [6.45, 7) is 10.1. The van der Waals surface area contributed by atoms with Gasteiger partial charge in [0.05, 0.1) is 0 Å². The van der Waals surface area contributed by atoms with Crippen LogP contribution in [0.3, 0.4) is 0 Å². The van der Waals surface area contributed by atoms with Crippen LogP contribution in [-0.4, -0.2) is 12.6 Å². The summed E-state index contributed by atoms with van der Waals surface area (Å²) in [5, 5.41) is 3.63. The summed E-state index contributed by atoms with van der Waals surface area (Å²) in [5.74, 6) is 0.871. The Balaban J connectivity index is 2.18. The molecule has 1 aliphatic carbocycles. The van der Waals surface area contributed by atoms with Crippen LogP contribution in [0.5, 0.6) is 0 Å². The molecule has 1 aliphatic rings. The van der Waals surface area contributed by atoms with Gasteiger partial charge in [0.1, 0.15) is 0 Å². The average molecular weight is 231 g/mol. The van der Waals surface area contributed by atoms with Gasteiger partial charge >= 0.3 is 0 Å². The second-order valence-electron chi connectivity index (χ2n) is 5.87. The maximum absolute atomic E-state index is 3.63. The van der Waals surface area contributed by atoms with Crippen LogP contribution in [-0.2, 0) is 5.41 Å². The lowest BCUT2D eigenvalue weighted by atomic mass is 9.91. The van der Waals surface area contributed by atoms with E-state index in [1.807, 2.05) is 0 Å². The van der Waals surface area contributed by atoms with E-state index in [0.717, 1.165) is 12.5 Å². The first-order valence-electron chi connectivity index (χ1n) is 6.89. The number of hydrogen-bond donors (Lipinski definition) is 1. The van der Waals surface area contributed by atoms with Crippen LogP contribution in [0, 0.1) is 12.8 Å². The third kappa shape index (κ3) is 2.55. The zero-order chi connectivity index (χ0) is 12.5. The highest BCUT2D eigenvalue weighted by Gasteiger charge is 2.53. The molecule has 2 atom stereocenters. The summed E-state index contributed by atoms with van der Waals surface area (Å²) in [7, 11) is 0. The third-order valence-electron chi connectivity index (χ3n) is 4.14. The smallest absolute Gasteiger partial charge is 0.0109 e. The largest absolute Gasteiger partial charge is 0.314 e. The molecule has 0 radical (unpaired) electrons. The van der Waals surface area contributed by atoms with Crippen molar-refractivity contribution in [2.75, 3.05) is 6.54 Å². The molecule has 2 unspecified atom stereocenters. The van der Waals surface area contributed by atoms with E-state index in [1.165, 1.54) is 24.0 Å². The summed E-state index contributed by atoms with van der Waals surface area (Å²) in [6.07, 6.45) is 2.65. The van der Waals surface area contributed by atoms with E-state index >= 15 is 0 Å². The van der Waals surface area contributed by atoms with Crippen molar-refractivity contribution in [2.24, 2.45) is 5.92 Å². The zero-order valence-electron chi connectivity index (χ0n) is 11.6. The van der Waals surface area contributed by atoms with Gasteiger partial charge in [-0.15, -0.1) is 0 Å². The SMILES string of the molecule is CCC1CC1(CNC(C)C)c1cccc(C)c1. The Bertz CT molecular complexity index is 383. The highest BCUT2D eigenvalue weighted by Crippen LogP contribution is 2.55. The third-order valence-corrected chi connectivity index (χ3v) is 4.14. The molecule has 94 valence electrons. The highest BCUT2D eigenvalue weighted by molar-refractivity contribution is 5.36. The van der Waals surface area contributed by atoms with Crippen molar-refractivity contribution in [3.8, 4) is 0 Å². The van der Waals surface area contributed by atoms with Crippen molar-refractivity contribution < 1.29 is 0 Å². The standard InChI is InChI=1S/C16H25N/c1-5-14-10-16(14,11-17-12(2)3)15-8-6-7-13(4)9-15/h6-9,12,14,17H,5,10-11H2,1-4H3. The van der Waals surface area contributed by atoms with Gasteiger partial charge in [0.2, 0.25) is 0 Å². The lowest BCUT2D eigenvalue weighted by molar-refractivity contribution is 0.487. The molecule has 1 N–H and O–H groups in total. The van der Waals surface area contributed by atoms with Crippen molar-refractivity contribution in [3.63, 3.8) is 0 Å². The fraction of sp³-hybridized carbons (Fsp3) is 0.625. The van der Waals surface area contributed by atoms with Crippen LogP contribution < -0.4 is 5.32 Å². The van der Waals surface area contributed by atoms with E-state index in [1.54, 1.807) is 0 Å². The first-order valence-corrected chi connectivity index (χ1v) is 6.89. The maximum Gasteiger partial charge on any atom is 0.0109 e. The van der Waals surface area contributed by atoms with E-state index in [2.05, 4.69) is 57.3 Å². The lowest BCUT2D eigenvalue weighted by Gasteiger charge is -2.21. The topological polar surface area (TPSA) is 12.0 Å². The van der Waals surface area contributed by atoms with Gasteiger partial charge in [0.15, 0.2) is 0 Å². The molecule has 0 spiro atoms. The zero-order valence-corrected chi connectivity index (χ0v) is 11.6. The van der Waals surface area contributed by atoms with Crippen molar-refractivity contribution in [2.45, 2.75) is 52.0 Å². The van der Waals surface area contributed by atoms with Crippen molar-refractivity contribution in [3.05, 3.63) is 35.4 Å². The molecule has 0 bridgehead atoms. The van der Waals surface area contributed by atoms with Crippen molar-refractivity contribution in [1.82, 2.24) is 5.32 Å². The molecule has 0 aliphatic heterocycles. The molecular formula is C16H25N. The molecule has 1 nitrogen and oxygen atoms in total. The van der Waals surface area contributed by atoms with Gasteiger partial charge in [-0.1, -0.05) is 57.0 Å². The molecule has 1 heteroatoms. The molecule has 1 aromatic carbocycles. The van der Waals surface area contributed by atoms with E-state index in [0.29, 0.717) is 11.5 Å². The monoisotopic (exact) mass is 231 g/mol. The normalized spacial score (nSPS) is 27.5. The molecule has 0 amide bonds. The number of hydrogen-bond acceptors (Lipinski definition) is 1. The predicted octanol–water partition coefficient (Wildman–Crippen LogP) is 3.66. The molecule has 1 saturated carbocycles. The van der Waals surface area contributed by atoms with Crippen LogP contribution in [0.4, 0.5) is 0 Å². The molecule has 0 saturated heterocycles. The first-order chi connectivity index (χ1) is 8.08. The van der Waals surface area contributed by atoms with Crippen LogP contribution >= 0.6 is 0 Å². The Hall–Kier alpha value is -0.820. The van der Waals surface area contributed by atoms with Crippen molar-refractivity contribution in [1.29, 1.82) is 0 Å². The minimum Gasteiger partial charge on any atom is -0.314 e. The molecular weight excluding hydrogens is 206 g/mol. The number of nitrogens with one attached hydrogen (secondary N) is 1. The molecule has 17 heavy (non-hydrogen) atoms. The summed E-state index contributed by atoms with van der Waals surface area (Å²) in [5.41, 5.74) is 3.34. The van der Waals surface area contributed by atoms with Gasteiger partial charge in [-0.25, -0.2) is 0 Å². The quantitative estimate of drug-likeness (QED) is 0.815. The predicted molar refractivity (Wildman–Crippen MR) is 74.4 cm³/mol. The van der Waals surface area contributed by atoms with E-state index in [4.69, 9.17) is 0 Å². The number of rotatable bonds is 5. The minimum absolute atomic E-state index is 0.422. The first kappa shape index (κ1) is 12.6. The Kier molecular flexibility index (Phi) is 3.58. The van der Waals surface area contributed by atoms with E-state index in [9.17, 15) is 0 Å². The van der Waals surface area contributed by atoms with Gasteiger partial charge in [-0.3, -0.25) is 0 Å². The second kappa shape index (κ2) is 4.81. The molecule has 0 heterocycles. The molecule has 1 aromatic rings. The fourth-order valence-electron chi connectivity index (χ4n) is 2.93. The van der Waals surface area contributed by atoms with Gasteiger partial charge in [-0.05, 0) is 24.8 Å². The number of benzene rings is 1. The van der Waals surface area contributed by atoms with Crippen molar-refractivity contribution >= 4 is 0 Å². The average Bonchev–Trinajstić information content (AvgIpc) is 3.01. The van der Waals surface area contributed by atoms with E-state index < -0.39 is 0 Å². The summed E-state index contributed by atoms with van der Waals surface area (Å²) in [4.78, 5) is 0. The van der Waals surface area contributed by atoms with Gasteiger partial charge in [0, 0.05) is 18.0 Å². The van der Waals surface area contributed by atoms with Crippen LogP contribution in [0.25, 0.3) is 0 Å². The molecule has 0 aromatic heterocycles. The molecule has 2 rings (SSSR count). The Morgan fingerprint density at radius 3 is 2.71 bits per heavy atom. The Morgan fingerprint density at radius 1 is 1.41 bits per heavy atom. The fourth-order valence-corrected chi connectivity index (χ4v) is 2.93. The Morgan fingerprint density at radius 2 is 2.18 bits per heavy atom. The van der Waals surface area contributed by atoms with Gasteiger partial charge in [0.25, 0.3) is 0 Å². The second-order valence-corrected chi connectivity index (χ2v) is 5.87. The van der Waals surface area contributed by atoms with Crippen LogP contribution in [0.15, 0.2) is 24.3 Å². The van der Waals surface area contributed by atoms with Gasteiger partial charge < -0.3 is 5.32 Å². The summed E-state index contributed by atoms with van der Waals surface area (Å²) < 4.78 is 0. The minimum atomic E-state index is 0.422. The summed E-state index contributed by atoms with van der Waals surface area (Å²) >= 11 is 0. The van der Waals surface area contributed by atoms with E-state index in [-0.39, 0.29) is 0 Å². The van der Waals surface area contributed by atoms with Crippen LogP contribution in [0.1, 0.15) is 44.7 Å². The van der Waals surface area contributed by atoms with Crippen LogP contribution in [0.2, 0.25) is 0 Å². The molecule has 1 fully saturated rings. The number of aryl methyl sites for hydroxylation is 1. The highest BCUT2D eigenvalue weighted by atomic mass is 14.9. The summed E-state index contributed by atoms with van der Waals surface area (Å²) in [6, 6.07) is 9.65. The maximum atomic E-state index is 3.63. The lowest BCUT2D eigenvalue weighted by Crippen LogP contribution is -2.33.